The van der Waals surface area contributed by atoms with Gasteiger partial charge in [0.25, 0.3) is 0 Å². The predicted octanol–water partition coefficient (Wildman–Crippen LogP) is 2.44. The smallest absolute Gasteiger partial charge is 0.224 e. The first kappa shape index (κ1) is 15.4. The molecule has 0 bridgehead atoms. The molecule has 0 spiro atoms. The molecule has 4 rings (SSSR count). The number of aryl methyl sites for hydroxylation is 3. The van der Waals surface area contributed by atoms with Crippen LogP contribution in [0.2, 0.25) is 0 Å². The van der Waals surface area contributed by atoms with Crippen molar-refractivity contribution in [1.82, 2.24) is 15.1 Å². The van der Waals surface area contributed by atoms with E-state index in [2.05, 4.69) is 32.5 Å². The molecule has 1 aromatic carbocycles. The zero-order valence-corrected chi connectivity index (χ0v) is 14.0. The quantitative estimate of drug-likeness (QED) is 0.908. The normalized spacial score (nSPS) is 16.3. The van der Waals surface area contributed by atoms with E-state index in [0.29, 0.717) is 12.8 Å². The molecular formula is C19H24N4O. The van der Waals surface area contributed by atoms with E-state index in [1.807, 2.05) is 12.1 Å². The molecule has 2 heterocycles. The van der Waals surface area contributed by atoms with Crippen molar-refractivity contribution in [2.24, 2.45) is 0 Å². The van der Waals surface area contributed by atoms with Crippen molar-refractivity contribution < 1.29 is 4.79 Å². The second-order valence-electron chi connectivity index (χ2n) is 6.73. The Morgan fingerprint density at radius 3 is 3.21 bits per heavy atom. The van der Waals surface area contributed by atoms with Crippen molar-refractivity contribution in [2.75, 3.05) is 11.9 Å². The Kier molecular flexibility index (Phi) is 4.34. The van der Waals surface area contributed by atoms with Gasteiger partial charge in [0.1, 0.15) is 0 Å². The average molecular weight is 324 g/mol. The van der Waals surface area contributed by atoms with Gasteiger partial charge in [-0.25, -0.2) is 0 Å². The third kappa shape index (κ3) is 3.22. The van der Waals surface area contributed by atoms with Crippen LogP contribution in [-0.2, 0) is 37.1 Å². The van der Waals surface area contributed by atoms with Gasteiger partial charge < -0.3 is 10.6 Å². The van der Waals surface area contributed by atoms with Crippen LogP contribution in [0.3, 0.4) is 0 Å². The first-order chi connectivity index (χ1) is 11.8. The average Bonchev–Trinajstić information content (AvgIpc) is 3.16. The van der Waals surface area contributed by atoms with Crippen molar-refractivity contribution in [2.45, 2.75) is 51.6 Å². The minimum atomic E-state index is 0.0802. The Morgan fingerprint density at radius 2 is 2.25 bits per heavy atom. The molecule has 0 atom stereocenters. The number of amides is 1. The van der Waals surface area contributed by atoms with Gasteiger partial charge in [-0.2, -0.15) is 5.10 Å². The lowest BCUT2D eigenvalue weighted by Gasteiger charge is -2.10. The first-order valence-electron chi connectivity index (χ1n) is 8.96. The van der Waals surface area contributed by atoms with Crippen LogP contribution in [0.15, 0.2) is 24.3 Å². The van der Waals surface area contributed by atoms with Gasteiger partial charge in [-0.1, -0.05) is 12.1 Å². The van der Waals surface area contributed by atoms with E-state index >= 15 is 0 Å². The maximum Gasteiger partial charge on any atom is 0.224 e. The molecule has 1 aliphatic carbocycles. The Balaban J connectivity index is 1.36. The van der Waals surface area contributed by atoms with E-state index in [1.54, 1.807) is 0 Å². The SMILES string of the molecule is O=C(CCc1cc2n(n1)CCCNC2)Nc1cccc2c1CCC2. The summed E-state index contributed by atoms with van der Waals surface area (Å²) in [7, 11) is 0. The van der Waals surface area contributed by atoms with E-state index < -0.39 is 0 Å². The van der Waals surface area contributed by atoms with Gasteiger partial charge in [-0.15, -0.1) is 0 Å². The van der Waals surface area contributed by atoms with Crippen molar-refractivity contribution in [3.05, 3.63) is 46.8 Å². The Hall–Kier alpha value is -2.14. The standard InChI is InChI=1S/C19H24N4O/c24-19(21-18-7-2-5-14-4-1-6-17(14)18)9-8-15-12-16-13-20-10-3-11-23(16)22-15/h2,5,7,12,20H,1,3-4,6,8-11,13H2,(H,21,24). The van der Waals surface area contributed by atoms with Gasteiger partial charge in [0.15, 0.2) is 0 Å². The molecule has 2 aliphatic rings. The molecule has 2 N–H and O–H groups in total. The van der Waals surface area contributed by atoms with Gasteiger partial charge >= 0.3 is 0 Å². The fourth-order valence-corrected chi connectivity index (χ4v) is 3.73. The summed E-state index contributed by atoms with van der Waals surface area (Å²) in [6, 6.07) is 8.36. The molecule has 5 heteroatoms. The fraction of sp³-hybridized carbons (Fsp3) is 0.474. The number of nitrogens with one attached hydrogen (secondary N) is 2. The molecule has 5 nitrogen and oxygen atoms in total. The van der Waals surface area contributed by atoms with Gasteiger partial charge in [0.2, 0.25) is 5.91 Å². The maximum atomic E-state index is 12.3. The number of benzene rings is 1. The largest absolute Gasteiger partial charge is 0.326 e. The predicted molar refractivity (Wildman–Crippen MR) is 94.0 cm³/mol. The second kappa shape index (κ2) is 6.77. The van der Waals surface area contributed by atoms with Gasteiger partial charge in [-0.3, -0.25) is 9.48 Å². The molecule has 0 saturated carbocycles. The highest BCUT2D eigenvalue weighted by atomic mass is 16.1. The van der Waals surface area contributed by atoms with Crippen LogP contribution in [0, 0.1) is 0 Å². The lowest BCUT2D eigenvalue weighted by atomic mass is 10.1. The van der Waals surface area contributed by atoms with Gasteiger partial charge in [-0.05, 0) is 55.5 Å². The summed E-state index contributed by atoms with van der Waals surface area (Å²) in [6.45, 7) is 2.88. The third-order valence-corrected chi connectivity index (χ3v) is 4.97. The summed E-state index contributed by atoms with van der Waals surface area (Å²) in [6.07, 6.45) is 5.68. The lowest BCUT2D eigenvalue weighted by Crippen LogP contribution is -2.14. The second-order valence-corrected chi connectivity index (χ2v) is 6.73. The Morgan fingerprint density at radius 1 is 1.29 bits per heavy atom. The number of anilines is 1. The molecule has 1 aliphatic heterocycles. The number of hydrogen-bond acceptors (Lipinski definition) is 3. The number of nitrogens with zero attached hydrogens (tertiary/aromatic N) is 2. The molecule has 126 valence electrons. The topological polar surface area (TPSA) is 59.0 Å². The van der Waals surface area contributed by atoms with Crippen LogP contribution >= 0.6 is 0 Å². The van der Waals surface area contributed by atoms with Crippen LogP contribution in [0.25, 0.3) is 0 Å². The molecule has 2 aromatic rings. The van der Waals surface area contributed by atoms with Crippen LogP contribution < -0.4 is 10.6 Å². The zero-order chi connectivity index (χ0) is 16.4. The number of hydrogen-bond donors (Lipinski definition) is 2. The van der Waals surface area contributed by atoms with Crippen molar-refractivity contribution in [1.29, 1.82) is 0 Å². The summed E-state index contributed by atoms with van der Waals surface area (Å²) in [5.41, 5.74) is 5.95. The highest BCUT2D eigenvalue weighted by Crippen LogP contribution is 2.28. The molecule has 0 fully saturated rings. The number of aromatic nitrogens is 2. The first-order valence-corrected chi connectivity index (χ1v) is 8.96. The zero-order valence-electron chi connectivity index (χ0n) is 14.0. The van der Waals surface area contributed by atoms with Crippen LogP contribution in [0.1, 0.15) is 41.8 Å². The molecule has 0 radical (unpaired) electrons. The monoisotopic (exact) mass is 324 g/mol. The third-order valence-electron chi connectivity index (χ3n) is 4.97. The number of carbonyl (C=O) groups excluding carboxylic acids is 1. The fourth-order valence-electron chi connectivity index (χ4n) is 3.73. The van der Waals surface area contributed by atoms with E-state index in [9.17, 15) is 4.79 Å². The van der Waals surface area contributed by atoms with Crippen LogP contribution in [0.5, 0.6) is 0 Å². The van der Waals surface area contributed by atoms with Crippen molar-refractivity contribution in [3.63, 3.8) is 0 Å². The highest BCUT2D eigenvalue weighted by Gasteiger charge is 2.16. The van der Waals surface area contributed by atoms with E-state index in [-0.39, 0.29) is 5.91 Å². The molecule has 1 amide bonds. The molecule has 1 aromatic heterocycles. The summed E-state index contributed by atoms with van der Waals surface area (Å²) in [4.78, 5) is 12.3. The molecule has 0 unspecified atom stereocenters. The summed E-state index contributed by atoms with van der Waals surface area (Å²) in [5, 5.41) is 11.1. The Labute approximate surface area is 142 Å². The summed E-state index contributed by atoms with van der Waals surface area (Å²) >= 11 is 0. The summed E-state index contributed by atoms with van der Waals surface area (Å²) in [5.74, 6) is 0.0802. The van der Waals surface area contributed by atoms with Gasteiger partial charge in [0.05, 0.1) is 11.4 Å². The molecular weight excluding hydrogens is 300 g/mol. The Bertz CT molecular complexity index is 726. The lowest BCUT2D eigenvalue weighted by molar-refractivity contribution is -0.116. The highest BCUT2D eigenvalue weighted by molar-refractivity contribution is 5.91. The maximum absolute atomic E-state index is 12.3. The minimum Gasteiger partial charge on any atom is -0.326 e. The summed E-state index contributed by atoms with van der Waals surface area (Å²) < 4.78 is 2.08. The molecule has 24 heavy (non-hydrogen) atoms. The molecule has 0 saturated heterocycles. The van der Waals surface area contributed by atoms with E-state index in [0.717, 1.165) is 50.3 Å². The number of fused-ring (bicyclic) bond motifs is 2. The number of carbonyl (C=O) groups is 1. The minimum absolute atomic E-state index is 0.0802. The van der Waals surface area contributed by atoms with E-state index in [4.69, 9.17) is 0 Å². The van der Waals surface area contributed by atoms with Gasteiger partial charge in [0, 0.05) is 31.6 Å². The van der Waals surface area contributed by atoms with Crippen LogP contribution in [-0.4, -0.2) is 22.2 Å². The van der Waals surface area contributed by atoms with Crippen molar-refractivity contribution in [3.8, 4) is 0 Å². The van der Waals surface area contributed by atoms with E-state index in [1.165, 1.54) is 23.2 Å². The number of rotatable bonds is 4. The van der Waals surface area contributed by atoms with Crippen LogP contribution in [0.4, 0.5) is 5.69 Å². The van der Waals surface area contributed by atoms with Crippen molar-refractivity contribution >= 4 is 11.6 Å².